The lowest BCUT2D eigenvalue weighted by atomic mass is 10.1. The topological polar surface area (TPSA) is 127 Å². The minimum Gasteiger partial charge on any atom is -0.480 e. The van der Waals surface area contributed by atoms with E-state index in [4.69, 9.17) is 15.3 Å². The summed E-state index contributed by atoms with van der Waals surface area (Å²) >= 11 is 0. The van der Waals surface area contributed by atoms with E-state index in [1.165, 1.54) is 6.08 Å². The average molecular weight is 316 g/mol. The Balaban J connectivity index is 4.01. The highest BCUT2D eigenvalue weighted by atomic mass is 16.4. The summed E-state index contributed by atoms with van der Waals surface area (Å²) in [5.74, 6) is -2.85. The van der Waals surface area contributed by atoms with Crippen molar-refractivity contribution in [2.24, 2.45) is 0 Å². The molecule has 4 N–H and O–H groups in total. The van der Waals surface area contributed by atoms with Gasteiger partial charge in [0.2, 0.25) is 0 Å². The molecule has 0 atom stereocenters. The van der Waals surface area contributed by atoms with Crippen LogP contribution in [0, 0.1) is 0 Å². The predicted molar refractivity (Wildman–Crippen MR) is 79.8 cm³/mol. The Hall–Kier alpha value is -1.93. The van der Waals surface area contributed by atoms with Crippen LogP contribution in [0.1, 0.15) is 26.2 Å². The van der Waals surface area contributed by atoms with E-state index < -0.39 is 17.9 Å². The van der Waals surface area contributed by atoms with Gasteiger partial charge < -0.3 is 20.6 Å². The highest BCUT2D eigenvalue weighted by molar-refractivity contribution is 5.80. The maximum atomic E-state index is 10.8. The van der Waals surface area contributed by atoms with E-state index in [9.17, 15) is 14.4 Å². The Bertz CT molecular complexity index is 408. The van der Waals surface area contributed by atoms with Crippen LogP contribution in [0.15, 0.2) is 11.6 Å². The van der Waals surface area contributed by atoms with E-state index in [0.717, 1.165) is 18.4 Å². The number of carbonyl (C=O) groups is 3. The zero-order chi connectivity index (χ0) is 17.0. The first-order valence-corrected chi connectivity index (χ1v) is 7.08. The van der Waals surface area contributed by atoms with E-state index in [-0.39, 0.29) is 13.1 Å². The van der Waals surface area contributed by atoms with E-state index in [2.05, 4.69) is 5.32 Å². The van der Waals surface area contributed by atoms with Crippen molar-refractivity contribution in [2.75, 3.05) is 32.7 Å². The average Bonchev–Trinajstić information content (AvgIpc) is 2.37. The smallest absolute Gasteiger partial charge is 0.328 e. The highest BCUT2D eigenvalue weighted by Crippen LogP contribution is 2.07. The zero-order valence-electron chi connectivity index (χ0n) is 12.7. The minimum absolute atomic E-state index is 0.0985. The van der Waals surface area contributed by atoms with Crippen LogP contribution < -0.4 is 5.32 Å². The van der Waals surface area contributed by atoms with Crippen molar-refractivity contribution in [3.8, 4) is 0 Å². The van der Waals surface area contributed by atoms with Crippen LogP contribution in [0.3, 0.4) is 0 Å². The lowest BCUT2D eigenvalue weighted by Gasteiger charge is -2.20. The number of carboxylic acids is 3. The van der Waals surface area contributed by atoms with Crippen LogP contribution in [0.2, 0.25) is 0 Å². The van der Waals surface area contributed by atoms with E-state index >= 15 is 0 Å². The van der Waals surface area contributed by atoms with Crippen molar-refractivity contribution in [1.29, 1.82) is 0 Å². The van der Waals surface area contributed by atoms with Gasteiger partial charge in [-0.15, -0.1) is 0 Å². The van der Waals surface area contributed by atoms with Crippen LogP contribution in [0.5, 0.6) is 0 Å². The summed E-state index contributed by atoms with van der Waals surface area (Å²) in [7, 11) is 0. The molecule has 0 saturated heterocycles. The normalized spacial score (nSPS) is 11.6. The fourth-order valence-electron chi connectivity index (χ4n) is 1.92. The van der Waals surface area contributed by atoms with Gasteiger partial charge in [-0.05, 0) is 32.7 Å². The number of hydrogen-bond acceptors (Lipinski definition) is 5. The second-order valence-electron chi connectivity index (χ2n) is 5.03. The summed E-state index contributed by atoms with van der Waals surface area (Å²) < 4.78 is 0. The lowest BCUT2D eigenvalue weighted by Crippen LogP contribution is -2.37. The molecule has 0 bridgehead atoms. The van der Waals surface area contributed by atoms with E-state index in [0.29, 0.717) is 26.1 Å². The van der Waals surface area contributed by atoms with Crippen LogP contribution in [-0.2, 0) is 14.4 Å². The third-order valence-electron chi connectivity index (χ3n) is 2.91. The standard InChI is InChI=1S/C14H24N2O6/c1-11(8-12(17)18)4-2-3-6-16(10-14(21)22)7-5-15-9-13(19)20/h8,15H,2-7,9-10H2,1H3,(H,17,18)(H,19,20)(H,21,22)/b11-8+. The number of nitrogens with zero attached hydrogens (tertiary/aromatic N) is 1. The SMILES string of the molecule is C/C(=C\C(=O)O)CCCCN(CCNCC(=O)O)CC(=O)O. The van der Waals surface area contributed by atoms with E-state index in [1.54, 1.807) is 11.8 Å². The summed E-state index contributed by atoms with van der Waals surface area (Å²) in [4.78, 5) is 33.3. The third-order valence-corrected chi connectivity index (χ3v) is 2.91. The Kier molecular flexibility index (Phi) is 10.7. The molecule has 0 spiro atoms. The molecule has 0 aliphatic carbocycles. The Morgan fingerprint density at radius 3 is 2.27 bits per heavy atom. The number of allylic oxidation sites excluding steroid dienone is 1. The van der Waals surface area contributed by atoms with Crippen molar-refractivity contribution in [3.63, 3.8) is 0 Å². The number of carboxylic acid groups (broad SMARTS) is 3. The van der Waals surface area contributed by atoms with Gasteiger partial charge in [0.25, 0.3) is 0 Å². The molecule has 0 aliphatic heterocycles. The van der Waals surface area contributed by atoms with Gasteiger partial charge >= 0.3 is 17.9 Å². The maximum Gasteiger partial charge on any atom is 0.328 e. The number of hydrogen-bond donors (Lipinski definition) is 4. The van der Waals surface area contributed by atoms with Gasteiger partial charge in [0.05, 0.1) is 13.1 Å². The Morgan fingerprint density at radius 2 is 1.73 bits per heavy atom. The summed E-state index contributed by atoms with van der Waals surface area (Å²) in [6.45, 7) is 2.92. The largest absolute Gasteiger partial charge is 0.480 e. The van der Waals surface area contributed by atoms with E-state index in [1.807, 2.05) is 0 Å². The van der Waals surface area contributed by atoms with Crippen LogP contribution in [-0.4, -0.2) is 70.9 Å². The van der Waals surface area contributed by atoms with Gasteiger partial charge in [0.1, 0.15) is 0 Å². The van der Waals surface area contributed by atoms with Crippen LogP contribution in [0.4, 0.5) is 0 Å². The molecule has 0 rings (SSSR count). The summed E-state index contributed by atoms with van der Waals surface area (Å²) in [6, 6.07) is 0. The molecule has 0 unspecified atom stereocenters. The molecular formula is C14H24N2O6. The van der Waals surface area contributed by atoms with Gasteiger partial charge in [-0.25, -0.2) is 4.79 Å². The Labute approximate surface area is 129 Å². The molecule has 8 heteroatoms. The summed E-state index contributed by atoms with van der Waals surface area (Å²) in [5.41, 5.74) is 0.778. The molecule has 0 aromatic rings. The second kappa shape index (κ2) is 11.7. The zero-order valence-corrected chi connectivity index (χ0v) is 12.7. The predicted octanol–water partition coefficient (Wildman–Crippen LogP) is 0.248. The number of unbranched alkanes of at least 4 members (excludes halogenated alkanes) is 1. The molecule has 0 saturated carbocycles. The maximum absolute atomic E-state index is 10.8. The highest BCUT2D eigenvalue weighted by Gasteiger charge is 2.09. The molecule has 0 radical (unpaired) electrons. The monoisotopic (exact) mass is 316 g/mol. The minimum atomic E-state index is -0.963. The molecular weight excluding hydrogens is 292 g/mol. The summed E-state index contributed by atoms with van der Waals surface area (Å²) in [5, 5.41) is 28.6. The van der Waals surface area contributed by atoms with Gasteiger partial charge in [-0.1, -0.05) is 5.57 Å². The van der Waals surface area contributed by atoms with Crippen molar-refractivity contribution >= 4 is 17.9 Å². The van der Waals surface area contributed by atoms with Crippen molar-refractivity contribution < 1.29 is 29.7 Å². The molecule has 0 amide bonds. The fourth-order valence-corrected chi connectivity index (χ4v) is 1.92. The first-order chi connectivity index (χ1) is 10.3. The van der Waals surface area contributed by atoms with Gasteiger partial charge in [-0.2, -0.15) is 0 Å². The van der Waals surface area contributed by atoms with Crippen LogP contribution in [0.25, 0.3) is 0 Å². The summed E-state index contributed by atoms with van der Waals surface area (Å²) in [6.07, 6.45) is 3.35. The Morgan fingerprint density at radius 1 is 1.05 bits per heavy atom. The van der Waals surface area contributed by atoms with Crippen LogP contribution >= 0.6 is 0 Å². The molecule has 0 fully saturated rings. The molecule has 0 aromatic carbocycles. The molecule has 22 heavy (non-hydrogen) atoms. The van der Waals surface area contributed by atoms with Crippen molar-refractivity contribution in [1.82, 2.24) is 10.2 Å². The molecule has 0 heterocycles. The molecule has 0 aliphatic rings. The fraction of sp³-hybridized carbons (Fsp3) is 0.643. The molecule has 0 aromatic heterocycles. The lowest BCUT2D eigenvalue weighted by molar-refractivity contribution is -0.139. The van der Waals surface area contributed by atoms with Crippen molar-refractivity contribution in [3.05, 3.63) is 11.6 Å². The first kappa shape index (κ1) is 20.1. The first-order valence-electron chi connectivity index (χ1n) is 7.08. The number of rotatable bonds is 13. The van der Waals surface area contributed by atoms with Gasteiger partial charge in [0.15, 0.2) is 0 Å². The quantitative estimate of drug-likeness (QED) is 0.281. The number of aliphatic carboxylic acids is 3. The molecule has 8 nitrogen and oxygen atoms in total. The molecule has 126 valence electrons. The van der Waals surface area contributed by atoms with Crippen molar-refractivity contribution in [2.45, 2.75) is 26.2 Å². The second-order valence-corrected chi connectivity index (χ2v) is 5.03. The van der Waals surface area contributed by atoms with Gasteiger partial charge in [-0.3, -0.25) is 14.5 Å². The third kappa shape index (κ3) is 13.1. The number of nitrogens with one attached hydrogen (secondary N) is 1. The van der Waals surface area contributed by atoms with Gasteiger partial charge in [0, 0.05) is 19.2 Å².